The number of nitriles is 1. The van der Waals surface area contributed by atoms with Crippen molar-refractivity contribution in [2.45, 2.75) is 39.3 Å². The fourth-order valence-corrected chi connectivity index (χ4v) is 2.65. The molecule has 1 aliphatic rings. The van der Waals surface area contributed by atoms with Gasteiger partial charge in [-0.25, -0.2) is 0 Å². The molecule has 0 aliphatic carbocycles. The van der Waals surface area contributed by atoms with Crippen LogP contribution in [0, 0.1) is 25.2 Å². The first-order chi connectivity index (χ1) is 8.60. The van der Waals surface area contributed by atoms with Gasteiger partial charge in [0.1, 0.15) is 0 Å². The Kier molecular flexibility index (Phi) is 3.88. The Morgan fingerprint density at radius 1 is 1.33 bits per heavy atom. The van der Waals surface area contributed by atoms with E-state index < -0.39 is 0 Å². The summed E-state index contributed by atoms with van der Waals surface area (Å²) in [5, 5.41) is 12.3. The molecule has 3 nitrogen and oxygen atoms in total. The van der Waals surface area contributed by atoms with Crippen molar-refractivity contribution < 1.29 is 0 Å². The van der Waals surface area contributed by atoms with E-state index in [9.17, 15) is 0 Å². The second kappa shape index (κ2) is 5.41. The first kappa shape index (κ1) is 12.9. The molecule has 96 valence electrons. The van der Waals surface area contributed by atoms with Crippen LogP contribution >= 0.6 is 0 Å². The van der Waals surface area contributed by atoms with Gasteiger partial charge in [-0.3, -0.25) is 0 Å². The van der Waals surface area contributed by atoms with Gasteiger partial charge in [0.15, 0.2) is 0 Å². The molecule has 1 aliphatic heterocycles. The van der Waals surface area contributed by atoms with Crippen LogP contribution in [0.5, 0.6) is 0 Å². The van der Waals surface area contributed by atoms with Crippen LogP contribution in [0.15, 0.2) is 18.2 Å². The maximum absolute atomic E-state index is 8.82. The lowest BCUT2D eigenvalue weighted by Gasteiger charge is -2.40. The molecule has 0 saturated carbocycles. The largest absolute Gasteiger partial charge is 0.366 e. The highest BCUT2D eigenvalue weighted by Gasteiger charge is 2.25. The molecule has 1 aromatic rings. The van der Waals surface area contributed by atoms with Crippen molar-refractivity contribution in [1.29, 1.82) is 5.26 Å². The second-order valence-corrected chi connectivity index (χ2v) is 5.31. The SMILES string of the molecule is Cc1cc(C)cc(N2CC(CC#N)NCC2C)c1. The highest BCUT2D eigenvalue weighted by molar-refractivity contribution is 5.52. The van der Waals surface area contributed by atoms with Crippen molar-refractivity contribution in [2.75, 3.05) is 18.0 Å². The summed E-state index contributed by atoms with van der Waals surface area (Å²) in [6.07, 6.45) is 0.577. The molecule has 1 saturated heterocycles. The van der Waals surface area contributed by atoms with Gasteiger partial charge in [-0.15, -0.1) is 0 Å². The van der Waals surface area contributed by atoms with E-state index in [0.717, 1.165) is 13.1 Å². The highest BCUT2D eigenvalue weighted by atomic mass is 15.2. The molecule has 2 unspecified atom stereocenters. The van der Waals surface area contributed by atoms with E-state index in [-0.39, 0.29) is 6.04 Å². The van der Waals surface area contributed by atoms with E-state index in [1.54, 1.807) is 0 Å². The number of anilines is 1. The first-order valence-electron chi connectivity index (χ1n) is 6.55. The third-order valence-corrected chi connectivity index (χ3v) is 3.53. The van der Waals surface area contributed by atoms with Crippen LogP contribution in [0.4, 0.5) is 5.69 Å². The minimum atomic E-state index is 0.284. The van der Waals surface area contributed by atoms with Crippen molar-refractivity contribution in [3.8, 4) is 6.07 Å². The molecular weight excluding hydrogens is 222 g/mol. The van der Waals surface area contributed by atoms with E-state index in [1.165, 1.54) is 16.8 Å². The number of piperazine rings is 1. The van der Waals surface area contributed by atoms with E-state index >= 15 is 0 Å². The predicted octanol–water partition coefficient (Wildman–Crippen LogP) is 2.38. The summed E-state index contributed by atoms with van der Waals surface area (Å²) in [5.41, 5.74) is 3.88. The summed E-state index contributed by atoms with van der Waals surface area (Å²) >= 11 is 0. The lowest BCUT2D eigenvalue weighted by atomic mass is 10.0. The number of aryl methyl sites for hydroxylation is 2. The highest BCUT2D eigenvalue weighted by Crippen LogP contribution is 2.23. The summed E-state index contributed by atoms with van der Waals surface area (Å²) in [6, 6.07) is 9.68. The van der Waals surface area contributed by atoms with E-state index in [4.69, 9.17) is 5.26 Å². The van der Waals surface area contributed by atoms with Gasteiger partial charge in [0.2, 0.25) is 0 Å². The Hall–Kier alpha value is -1.53. The van der Waals surface area contributed by atoms with Crippen LogP contribution in [0.3, 0.4) is 0 Å². The average Bonchev–Trinajstić information content (AvgIpc) is 2.30. The topological polar surface area (TPSA) is 39.1 Å². The molecular formula is C15H21N3. The zero-order valence-corrected chi connectivity index (χ0v) is 11.4. The number of hydrogen-bond donors (Lipinski definition) is 1. The minimum Gasteiger partial charge on any atom is -0.366 e. The van der Waals surface area contributed by atoms with Crippen molar-refractivity contribution in [1.82, 2.24) is 5.32 Å². The molecule has 0 spiro atoms. The Morgan fingerprint density at radius 2 is 2.00 bits per heavy atom. The first-order valence-corrected chi connectivity index (χ1v) is 6.55. The van der Waals surface area contributed by atoms with Crippen LogP contribution in [0.1, 0.15) is 24.5 Å². The van der Waals surface area contributed by atoms with Crippen LogP contribution < -0.4 is 10.2 Å². The molecule has 0 bridgehead atoms. The maximum atomic E-state index is 8.82. The zero-order chi connectivity index (χ0) is 13.1. The van der Waals surface area contributed by atoms with Crippen molar-refractivity contribution in [3.63, 3.8) is 0 Å². The Morgan fingerprint density at radius 3 is 2.61 bits per heavy atom. The second-order valence-electron chi connectivity index (χ2n) is 5.31. The molecule has 0 radical (unpaired) electrons. The number of rotatable bonds is 2. The van der Waals surface area contributed by atoms with Crippen molar-refractivity contribution in [2.24, 2.45) is 0 Å². The van der Waals surface area contributed by atoms with Crippen LogP contribution in [-0.4, -0.2) is 25.2 Å². The fourth-order valence-electron chi connectivity index (χ4n) is 2.65. The van der Waals surface area contributed by atoms with Gasteiger partial charge in [-0.05, 0) is 44.0 Å². The number of nitrogens with one attached hydrogen (secondary N) is 1. The summed E-state index contributed by atoms with van der Waals surface area (Å²) in [6.45, 7) is 8.36. The molecule has 1 fully saturated rings. The smallest absolute Gasteiger partial charge is 0.0638 e. The predicted molar refractivity (Wildman–Crippen MR) is 74.7 cm³/mol. The normalized spacial score (nSPS) is 23.8. The summed E-state index contributed by atoms with van der Waals surface area (Å²) in [4.78, 5) is 2.42. The lowest BCUT2D eigenvalue weighted by molar-refractivity contribution is 0.409. The molecule has 1 heterocycles. The zero-order valence-electron chi connectivity index (χ0n) is 11.4. The minimum absolute atomic E-state index is 0.284. The van der Waals surface area contributed by atoms with Crippen molar-refractivity contribution in [3.05, 3.63) is 29.3 Å². The van der Waals surface area contributed by atoms with E-state index in [2.05, 4.69) is 55.3 Å². The number of hydrogen-bond acceptors (Lipinski definition) is 3. The van der Waals surface area contributed by atoms with E-state index in [0.29, 0.717) is 12.5 Å². The molecule has 1 N–H and O–H groups in total. The molecule has 2 rings (SSSR count). The van der Waals surface area contributed by atoms with Gasteiger partial charge in [-0.1, -0.05) is 6.07 Å². The molecule has 0 amide bonds. The van der Waals surface area contributed by atoms with Crippen LogP contribution in [0.2, 0.25) is 0 Å². The Labute approximate surface area is 109 Å². The molecule has 0 aromatic heterocycles. The standard InChI is InChI=1S/C15H21N3/c1-11-6-12(2)8-15(7-11)18-10-14(4-5-16)17-9-13(18)3/h6-8,13-14,17H,4,9-10H2,1-3H3. The summed E-state index contributed by atoms with van der Waals surface area (Å²) in [5.74, 6) is 0. The number of benzene rings is 1. The average molecular weight is 243 g/mol. The van der Waals surface area contributed by atoms with Gasteiger partial charge in [0, 0.05) is 30.9 Å². The van der Waals surface area contributed by atoms with Crippen LogP contribution in [0.25, 0.3) is 0 Å². The van der Waals surface area contributed by atoms with Crippen LogP contribution in [-0.2, 0) is 0 Å². The van der Waals surface area contributed by atoms with Gasteiger partial charge in [0.25, 0.3) is 0 Å². The lowest BCUT2D eigenvalue weighted by Crippen LogP contribution is -2.55. The van der Waals surface area contributed by atoms with Crippen molar-refractivity contribution >= 4 is 5.69 Å². The van der Waals surface area contributed by atoms with Gasteiger partial charge in [0.05, 0.1) is 12.5 Å². The number of nitrogens with zero attached hydrogens (tertiary/aromatic N) is 2. The maximum Gasteiger partial charge on any atom is 0.0638 e. The Balaban J connectivity index is 2.21. The third kappa shape index (κ3) is 2.83. The quantitative estimate of drug-likeness (QED) is 0.867. The molecule has 3 heteroatoms. The van der Waals surface area contributed by atoms with Gasteiger partial charge < -0.3 is 10.2 Å². The third-order valence-electron chi connectivity index (χ3n) is 3.53. The molecule has 18 heavy (non-hydrogen) atoms. The summed E-state index contributed by atoms with van der Waals surface area (Å²) in [7, 11) is 0. The monoisotopic (exact) mass is 243 g/mol. The Bertz CT molecular complexity index is 441. The van der Waals surface area contributed by atoms with Gasteiger partial charge >= 0.3 is 0 Å². The summed E-state index contributed by atoms with van der Waals surface area (Å²) < 4.78 is 0. The molecule has 1 aromatic carbocycles. The fraction of sp³-hybridized carbons (Fsp3) is 0.533. The molecule has 2 atom stereocenters. The van der Waals surface area contributed by atoms with Gasteiger partial charge in [-0.2, -0.15) is 5.26 Å². The van der Waals surface area contributed by atoms with E-state index in [1.807, 2.05) is 0 Å².